The SMILES string of the molecule is Cc1cc2nccc(Nc3ccc(-c4cccnc4)cc3)n2n1. The van der Waals surface area contributed by atoms with Gasteiger partial charge in [0, 0.05) is 30.3 Å². The number of pyridine rings is 1. The molecule has 3 heterocycles. The molecule has 0 saturated carbocycles. The molecular formula is C18H15N5. The van der Waals surface area contributed by atoms with Crippen molar-refractivity contribution in [3.63, 3.8) is 0 Å². The van der Waals surface area contributed by atoms with E-state index in [4.69, 9.17) is 0 Å². The van der Waals surface area contributed by atoms with Crippen molar-refractivity contribution >= 4 is 17.2 Å². The van der Waals surface area contributed by atoms with Crippen LogP contribution >= 0.6 is 0 Å². The van der Waals surface area contributed by atoms with Gasteiger partial charge in [-0.2, -0.15) is 9.61 Å². The first-order chi connectivity index (χ1) is 11.3. The second kappa shape index (κ2) is 5.53. The van der Waals surface area contributed by atoms with E-state index in [-0.39, 0.29) is 0 Å². The lowest BCUT2D eigenvalue weighted by Crippen LogP contribution is -2.00. The van der Waals surface area contributed by atoms with Crippen molar-refractivity contribution in [1.29, 1.82) is 0 Å². The van der Waals surface area contributed by atoms with Gasteiger partial charge in [0.25, 0.3) is 0 Å². The molecule has 0 unspecified atom stereocenters. The molecule has 0 aliphatic heterocycles. The van der Waals surface area contributed by atoms with Crippen LogP contribution in [0.25, 0.3) is 16.8 Å². The Morgan fingerprint density at radius 3 is 2.61 bits per heavy atom. The first-order valence-electron chi connectivity index (χ1n) is 7.38. The average Bonchev–Trinajstić information content (AvgIpc) is 2.98. The number of hydrogen-bond acceptors (Lipinski definition) is 4. The van der Waals surface area contributed by atoms with Gasteiger partial charge >= 0.3 is 0 Å². The van der Waals surface area contributed by atoms with Gasteiger partial charge in [0.2, 0.25) is 0 Å². The normalized spacial score (nSPS) is 10.8. The van der Waals surface area contributed by atoms with Crippen LogP contribution in [0.3, 0.4) is 0 Å². The van der Waals surface area contributed by atoms with E-state index in [0.29, 0.717) is 0 Å². The minimum Gasteiger partial charge on any atom is -0.340 e. The fraction of sp³-hybridized carbons (Fsp3) is 0.0556. The molecule has 0 saturated heterocycles. The van der Waals surface area contributed by atoms with Crippen molar-refractivity contribution in [2.75, 3.05) is 5.32 Å². The van der Waals surface area contributed by atoms with Crippen molar-refractivity contribution in [3.05, 3.63) is 72.8 Å². The predicted molar refractivity (Wildman–Crippen MR) is 90.7 cm³/mol. The van der Waals surface area contributed by atoms with Gasteiger partial charge in [0.05, 0.1) is 5.69 Å². The molecule has 0 aliphatic carbocycles. The Balaban J connectivity index is 1.64. The largest absolute Gasteiger partial charge is 0.340 e. The molecule has 3 aromatic heterocycles. The molecule has 4 aromatic rings. The average molecular weight is 301 g/mol. The van der Waals surface area contributed by atoms with Crippen LogP contribution in [0.4, 0.5) is 11.5 Å². The maximum absolute atomic E-state index is 4.46. The van der Waals surface area contributed by atoms with E-state index in [1.165, 1.54) is 0 Å². The summed E-state index contributed by atoms with van der Waals surface area (Å²) in [5, 5.41) is 7.84. The molecule has 5 heteroatoms. The van der Waals surface area contributed by atoms with Gasteiger partial charge < -0.3 is 5.32 Å². The maximum atomic E-state index is 4.46. The van der Waals surface area contributed by atoms with Gasteiger partial charge in [-0.15, -0.1) is 0 Å². The van der Waals surface area contributed by atoms with Crippen LogP contribution in [0, 0.1) is 6.92 Å². The van der Waals surface area contributed by atoms with Crippen LogP contribution in [0.2, 0.25) is 0 Å². The van der Waals surface area contributed by atoms with Gasteiger partial charge in [0.15, 0.2) is 5.65 Å². The summed E-state index contributed by atoms with van der Waals surface area (Å²) in [6.45, 7) is 1.96. The fourth-order valence-corrected chi connectivity index (χ4v) is 2.53. The molecule has 0 radical (unpaired) electrons. The summed E-state index contributed by atoms with van der Waals surface area (Å²) in [5.74, 6) is 0.886. The number of aromatic nitrogens is 4. The Morgan fingerprint density at radius 2 is 1.83 bits per heavy atom. The molecule has 0 aliphatic rings. The topological polar surface area (TPSA) is 55.1 Å². The van der Waals surface area contributed by atoms with E-state index < -0.39 is 0 Å². The van der Waals surface area contributed by atoms with Gasteiger partial charge in [-0.3, -0.25) is 4.98 Å². The molecule has 4 rings (SSSR count). The van der Waals surface area contributed by atoms with Crippen molar-refractivity contribution in [2.45, 2.75) is 6.92 Å². The first kappa shape index (κ1) is 13.5. The molecule has 0 fully saturated rings. The van der Waals surface area contributed by atoms with Gasteiger partial charge in [-0.05, 0) is 42.3 Å². The van der Waals surface area contributed by atoms with Crippen LogP contribution < -0.4 is 5.32 Å². The summed E-state index contributed by atoms with van der Waals surface area (Å²) in [6.07, 6.45) is 5.42. The standard InChI is InChI=1S/C18H15N5/c1-13-11-18-20-10-8-17(23(18)22-13)21-16-6-4-14(5-7-16)15-3-2-9-19-12-15/h2-12,21H,1H3. The summed E-state index contributed by atoms with van der Waals surface area (Å²) in [5.41, 5.74) is 5.02. The van der Waals surface area contributed by atoms with E-state index in [2.05, 4.69) is 32.5 Å². The Hall–Kier alpha value is -3.21. The highest BCUT2D eigenvalue weighted by atomic mass is 15.3. The highest BCUT2D eigenvalue weighted by molar-refractivity contribution is 5.67. The van der Waals surface area contributed by atoms with E-state index in [1.807, 2.05) is 54.0 Å². The van der Waals surface area contributed by atoms with Crippen molar-refractivity contribution in [2.24, 2.45) is 0 Å². The Bertz CT molecular complexity index is 942. The third-order valence-corrected chi connectivity index (χ3v) is 3.63. The van der Waals surface area contributed by atoms with Crippen LogP contribution in [0.15, 0.2) is 67.1 Å². The molecule has 0 amide bonds. The summed E-state index contributed by atoms with van der Waals surface area (Å²) in [7, 11) is 0. The van der Waals surface area contributed by atoms with E-state index in [0.717, 1.165) is 34.0 Å². The van der Waals surface area contributed by atoms with Gasteiger partial charge in [-0.1, -0.05) is 18.2 Å². The lowest BCUT2D eigenvalue weighted by Gasteiger charge is -2.09. The van der Waals surface area contributed by atoms with Crippen molar-refractivity contribution in [1.82, 2.24) is 19.6 Å². The number of rotatable bonds is 3. The van der Waals surface area contributed by atoms with E-state index in [9.17, 15) is 0 Å². The van der Waals surface area contributed by atoms with E-state index in [1.54, 1.807) is 12.4 Å². The molecule has 112 valence electrons. The van der Waals surface area contributed by atoms with Crippen LogP contribution in [0.1, 0.15) is 5.69 Å². The van der Waals surface area contributed by atoms with Gasteiger partial charge in [-0.25, -0.2) is 4.98 Å². The third-order valence-electron chi connectivity index (χ3n) is 3.63. The van der Waals surface area contributed by atoms with Crippen LogP contribution in [0.5, 0.6) is 0 Å². The molecule has 0 bridgehead atoms. The number of benzene rings is 1. The molecule has 0 spiro atoms. The minimum atomic E-state index is 0.833. The number of nitrogens with one attached hydrogen (secondary N) is 1. The second-order valence-electron chi connectivity index (χ2n) is 5.33. The molecule has 1 N–H and O–H groups in total. The van der Waals surface area contributed by atoms with Gasteiger partial charge in [0.1, 0.15) is 5.82 Å². The molecular weight excluding hydrogens is 286 g/mol. The van der Waals surface area contributed by atoms with Crippen molar-refractivity contribution < 1.29 is 0 Å². The number of aryl methyl sites for hydroxylation is 1. The molecule has 23 heavy (non-hydrogen) atoms. The zero-order valence-electron chi connectivity index (χ0n) is 12.6. The summed E-state index contributed by atoms with van der Waals surface area (Å²) >= 11 is 0. The summed E-state index contributed by atoms with van der Waals surface area (Å²) in [4.78, 5) is 8.47. The predicted octanol–water partition coefficient (Wildman–Crippen LogP) is 3.84. The monoisotopic (exact) mass is 301 g/mol. The van der Waals surface area contributed by atoms with Crippen molar-refractivity contribution in [3.8, 4) is 11.1 Å². The first-order valence-corrected chi connectivity index (χ1v) is 7.38. The third kappa shape index (κ3) is 2.64. The zero-order chi connectivity index (χ0) is 15.6. The number of hydrogen-bond donors (Lipinski definition) is 1. The maximum Gasteiger partial charge on any atom is 0.157 e. The summed E-state index contributed by atoms with van der Waals surface area (Å²) in [6, 6.07) is 16.1. The lowest BCUT2D eigenvalue weighted by molar-refractivity contribution is 0.925. The van der Waals surface area contributed by atoms with Crippen LogP contribution in [-0.4, -0.2) is 19.6 Å². The smallest absolute Gasteiger partial charge is 0.157 e. The highest BCUT2D eigenvalue weighted by Gasteiger charge is 2.05. The highest BCUT2D eigenvalue weighted by Crippen LogP contribution is 2.22. The fourth-order valence-electron chi connectivity index (χ4n) is 2.53. The lowest BCUT2D eigenvalue weighted by atomic mass is 10.1. The van der Waals surface area contributed by atoms with Crippen LogP contribution in [-0.2, 0) is 0 Å². The Labute approximate surface area is 133 Å². The number of nitrogens with zero attached hydrogens (tertiary/aromatic N) is 4. The zero-order valence-corrected chi connectivity index (χ0v) is 12.6. The Kier molecular flexibility index (Phi) is 3.24. The quantitative estimate of drug-likeness (QED) is 0.624. The minimum absolute atomic E-state index is 0.833. The number of fused-ring (bicyclic) bond motifs is 1. The summed E-state index contributed by atoms with van der Waals surface area (Å²) < 4.78 is 1.81. The molecule has 0 atom stereocenters. The Morgan fingerprint density at radius 1 is 0.957 bits per heavy atom. The number of anilines is 2. The van der Waals surface area contributed by atoms with E-state index >= 15 is 0 Å². The second-order valence-corrected chi connectivity index (χ2v) is 5.33. The molecule has 5 nitrogen and oxygen atoms in total. The molecule has 1 aromatic carbocycles.